The average Bonchev–Trinajstić information content (AvgIpc) is 2.94. The summed E-state index contributed by atoms with van der Waals surface area (Å²) in [5.41, 5.74) is 2.56. The van der Waals surface area contributed by atoms with Crippen molar-refractivity contribution < 1.29 is 14.3 Å². The van der Waals surface area contributed by atoms with Crippen LogP contribution in [0.15, 0.2) is 24.4 Å². The Balaban J connectivity index is 2.17. The number of aryl methyl sites for hydroxylation is 2. The predicted molar refractivity (Wildman–Crippen MR) is 91.1 cm³/mol. The average molecular weight is 332 g/mol. The SMILES string of the molecule is CCOC(=O)Cc1cnc(N(C)C(=O)c2c(C)cccc2C)s1. The smallest absolute Gasteiger partial charge is 0.311 e. The maximum absolute atomic E-state index is 12.7. The monoisotopic (exact) mass is 332 g/mol. The highest BCUT2D eigenvalue weighted by molar-refractivity contribution is 7.15. The van der Waals surface area contributed by atoms with Gasteiger partial charge in [0.1, 0.15) is 0 Å². The van der Waals surface area contributed by atoms with E-state index in [0.29, 0.717) is 17.3 Å². The summed E-state index contributed by atoms with van der Waals surface area (Å²) in [4.78, 5) is 30.8. The van der Waals surface area contributed by atoms with Gasteiger partial charge < -0.3 is 4.74 Å². The van der Waals surface area contributed by atoms with E-state index in [0.717, 1.165) is 16.0 Å². The summed E-state index contributed by atoms with van der Waals surface area (Å²) in [6.07, 6.45) is 1.79. The Morgan fingerprint density at radius 2 is 1.91 bits per heavy atom. The van der Waals surface area contributed by atoms with Gasteiger partial charge in [0, 0.05) is 23.7 Å². The quantitative estimate of drug-likeness (QED) is 0.789. The Morgan fingerprint density at radius 1 is 1.26 bits per heavy atom. The van der Waals surface area contributed by atoms with Crippen molar-refractivity contribution in [1.29, 1.82) is 0 Å². The molecule has 0 aliphatic rings. The number of aromatic nitrogens is 1. The minimum absolute atomic E-state index is 0.0994. The van der Waals surface area contributed by atoms with Crippen molar-refractivity contribution in [2.45, 2.75) is 27.2 Å². The van der Waals surface area contributed by atoms with Crippen LogP contribution >= 0.6 is 11.3 Å². The highest BCUT2D eigenvalue weighted by Gasteiger charge is 2.20. The lowest BCUT2D eigenvalue weighted by Crippen LogP contribution is -2.27. The number of rotatable bonds is 5. The van der Waals surface area contributed by atoms with Crippen molar-refractivity contribution >= 4 is 28.3 Å². The van der Waals surface area contributed by atoms with Crippen molar-refractivity contribution in [2.75, 3.05) is 18.6 Å². The van der Waals surface area contributed by atoms with E-state index in [4.69, 9.17) is 4.74 Å². The van der Waals surface area contributed by atoms with Crippen LogP contribution in [0.1, 0.15) is 33.3 Å². The van der Waals surface area contributed by atoms with Crippen molar-refractivity contribution in [2.24, 2.45) is 0 Å². The summed E-state index contributed by atoms with van der Waals surface area (Å²) in [6.45, 7) is 5.96. The molecule has 2 rings (SSSR count). The van der Waals surface area contributed by atoms with Gasteiger partial charge in [-0.25, -0.2) is 4.98 Å². The fourth-order valence-corrected chi connectivity index (χ4v) is 3.15. The Labute approximate surface area is 139 Å². The molecule has 0 unspecified atom stereocenters. The first-order valence-corrected chi connectivity index (χ1v) is 8.20. The molecule has 0 saturated carbocycles. The van der Waals surface area contributed by atoms with Crippen molar-refractivity contribution in [1.82, 2.24) is 4.98 Å². The van der Waals surface area contributed by atoms with E-state index in [1.807, 2.05) is 32.0 Å². The molecular formula is C17H20N2O3S. The van der Waals surface area contributed by atoms with Gasteiger partial charge in [-0.3, -0.25) is 14.5 Å². The van der Waals surface area contributed by atoms with Gasteiger partial charge in [-0.1, -0.05) is 18.2 Å². The molecule has 1 aromatic heterocycles. The van der Waals surface area contributed by atoms with Crippen LogP contribution < -0.4 is 4.90 Å². The van der Waals surface area contributed by atoms with E-state index < -0.39 is 0 Å². The zero-order valence-corrected chi connectivity index (χ0v) is 14.6. The summed E-state index contributed by atoms with van der Waals surface area (Å²) in [7, 11) is 1.70. The van der Waals surface area contributed by atoms with E-state index in [-0.39, 0.29) is 18.3 Å². The highest BCUT2D eigenvalue weighted by Crippen LogP contribution is 2.25. The zero-order chi connectivity index (χ0) is 17.0. The number of anilines is 1. The van der Waals surface area contributed by atoms with Crippen LogP contribution in [-0.2, 0) is 16.0 Å². The maximum Gasteiger partial charge on any atom is 0.311 e. The molecule has 1 amide bonds. The van der Waals surface area contributed by atoms with Crippen LogP contribution in [0.25, 0.3) is 0 Å². The number of hydrogen-bond donors (Lipinski definition) is 0. The lowest BCUT2D eigenvalue weighted by atomic mass is 10.0. The summed E-state index contributed by atoms with van der Waals surface area (Å²) >= 11 is 1.32. The molecule has 5 nitrogen and oxygen atoms in total. The van der Waals surface area contributed by atoms with Crippen LogP contribution in [-0.4, -0.2) is 30.5 Å². The van der Waals surface area contributed by atoms with Gasteiger partial charge in [0.25, 0.3) is 5.91 Å². The third-order valence-electron chi connectivity index (χ3n) is 3.45. The Morgan fingerprint density at radius 3 is 2.52 bits per heavy atom. The van der Waals surface area contributed by atoms with Gasteiger partial charge in [0.05, 0.1) is 13.0 Å². The molecule has 0 saturated heterocycles. The lowest BCUT2D eigenvalue weighted by molar-refractivity contribution is -0.142. The second-order valence-electron chi connectivity index (χ2n) is 5.22. The topological polar surface area (TPSA) is 59.5 Å². The largest absolute Gasteiger partial charge is 0.466 e. The molecule has 0 atom stereocenters. The standard InChI is InChI=1S/C17H20N2O3S/c1-5-22-14(20)9-13-10-18-17(23-13)19(4)16(21)15-11(2)7-6-8-12(15)3/h6-8,10H,5,9H2,1-4H3. The van der Waals surface area contributed by atoms with Gasteiger partial charge in [-0.05, 0) is 31.9 Å². The van der Waals surface area contributed by atoms with Crippen LogP contribution in [0.5, 0.6) is 0 Å². The van der Waals surface area contributed by atoms with Crippen LogP contribution in [0, 0.1) is 13.8 Å². The molecular weight excluding hydrogens is 312 g/mol. The number of carbonyl (C=O) groups is 2. The van der Waals surface area contributed by atoms with Crippen molar-refractivity contribution in [3.8, 4) is 0 Å². The molecule has 0 spiro atoms. The molecule has 0 N–H and O–H groups in total. The zero-order valence-electron chi connectivity index (χ0n) is 13.8. The lowest BCUT2D eigenvalue weighted by Gasteiger charge is -2.17. The Bertz CT molecular complexity index is 704. The summed E-state index contributed by atoms with van der Waals surface area (Å²) in [6, 6.07) is 5.77. The normalized spacial score (nSPS) is 10.4. The van der Waals surface area contributed by atoms with Crippen molar-refractivity contribution in [3.63, 3.8) is 0 Å². The number of nitrogens with zero attached hydrogens (tertiary/aromatic N) is 2. The molecule has 0 bridgehead atoms. The first-order chi connectivity index (χ1) is 10.9. The van der Waals surface area contributed by atoms with Gasteiger partial charge in [0.2, 0.25) is 0 Å². The Kier molecular flexibility index (Phi) is 5.50. The van der Waals surface area contributed by atoms with E-state index in [1.165, 1.54) is 16.2 Å². The molecule has 122 valence electrons. The summed E-state index contributed by atoms with van der Waals surface area (Å²) in [5.74, 6) is -0.385. The van der Waals surface area contributed by atoms with Crippen molar-refractivity contribution in [3.05, 3.63) is 46.0 Å². The number of thiazole rings is 1. The third-order valence-corrected chi connectivity index (χ3v) is 4.53. The molecule has 2 aromatic rings. The fourth-order valence-electron chi connectivity index (χ4n) is 2.29. The van der Waals surface area contributed by atoms with E-state index in [9.17, 15) is 9.59 Å². The van der Waals surface area contributed by atoms with E-state index >= 15 is 0 Å². The summed E-state index contributed by atoms with van der Waals surface area (Å²) < 4.78 is 4.92. The number of amides is 1. The van der Waals surface area contributed by atoms with Gasteiger partial charge in [0.15, 0.2) is 5.13 Å². The highest BCUT2D eigenvalue weighted by atomic mass is 32.1. The van der Waals surface area contributed by atoms with E-state index in [1.54, 1.807) is 20.2 Å². The number of hydrogen-bond acceptors (Lipinski definition) is 5. The molecule has 23 heavy (non-hydrogen) atoms. The number of benzene rings is 1. The molecule has 1 aromatic carbocycles. The molecule has 0 fully saturated rings. The second-order valence-corrected chi connectivity index (χ2v) is 6.32. The number of carbonyl (C=O) groups excluding carboxylic acids is 2. The number of esters is 1. The van der Waals surface area contributed by atoms with Gasteiger partial charge >= 0.3 is 5.97 Å². The molecule has 0 aliphatic carbocycles. The molecule has 6 heteroatoms. The van der Waals surface area contributed by atoms with Gasteiger partial charge in [-0.2, -0.15) is 0 Å². The van der Waals surface area contributed by atoms with E-state index in [2.05, 4.69) is 4.98 Å². The summed E-state index contributed by atoms with van der Waals surface area (Å²) in [5, 5.41) is 0.567. The minimum Gasteiger partial charge on any atom is -0.466 e. The first kappa shape index (κ1) is 17.1. The Hall–Kier alpha value is -2.21. The van der Waals surface area contributed by atoms with Crippen LogP contribution in [0.2, 0.25) is 0 Å². The first-order valence-electron chi connectivity index (χ1n) is 7.38. The number of ether oxygens (including phenoxy) is 1. The van der Waals surface area contributed by atoms with Crippen LogP contribution in [0.3, 0.4) is 0 Å². The van der Waals surface area contributed by atoms with Crippen LogP contribution in [0.4, 0.5) is 5.13 Å². The minimum atomic E-state index is -0.286. The van der Waals surface area contributed by atoms with Gasteiger partial charge in [-0.15, -0.1) is 11.3 Å². The third kappa shape index (κ3) is 3.96. The maximum atomic E-state index is 12.7. The molecule has 0 radical (unpaired) electrons. The molecule has 0 aliphatic heterocycles. The fraction of sp³-hybridized carbons (Fsp3) is 0.353. The second kappa shape index (κ2) is 7.37. The predicted octanol–water partition coefficient (Wildman–Crippen LogP) is 3.14. The molecule has 1 heterocycles.